The average Bonchev–Trinajstić information content (AvgIpc) is 2.99. The van der Waals surface area contributed by atoms with Crippen molar-refractivity contribution in [2.45, 2.75) is 37.8 Å². The SMILES string of the molecule is CN(C)c1ccc(C(CN2CCC(N)C2)N2CCCCC2)cc1. The van der Waals surface area contributed by atoms with Gasteiger partial charge in [0.1, 0.15) is 0 Å². The molecule has 0 amide bonds. The molecule has 3 rings (SSSR count). The number of hydrogen-bond donors (Lipinski definition) is 1. The Morgan fingerprint density at radius 1 is 1.09 bits per heavy atom. The predicted octanol–water partition coefficient (Wildman–Crippen LogP) is 2.31. The van der Waals surface area contributed by atoms with Crippen LogP contribution in [0.25, 0.3) is 0 Å². The molecule has 0 bridgehead atoms. The highest BCUT2D eigenvalue weighted by molar-refractivity contribution is 5.46. The van der Waals surface area contributed by atoms with Gasteiger partial charge in [0.2, 0.25) is 0 Å². The van der Waals surface area contributed by atoms with E-state index < -0.39 is 0 Å². The van der Waals surface area contributed by atoms with E-state index in [1.807, 2.05) is 0 Å². The van der Waals surface area contributed by atoms with E-state index in [0.29, 0.717) is 12.1 Å². The van der Waals surface area contributed by atoms with E-state index >= 15 is 0 Å². The fourth-order valence-corrected chi connectivity index (χ4v) is 3.93. The summed E-state index contributed by atoms with van der Waals surface area (Å²) in [4.78, 5) is 7.42. The third-order valence-electron chi connectivity index (χ3n) is 5.37. The Balaban J connectivity index is 1.75. The Morgan fingerprint density at radius 2 is 1.78 bits per heavy atom. The van der Waals surface area contributed by atoms with Crippen LogP contribution in [0.1, 0.15) is 37.3 Å². The van der Waals surface area contributed by atoms with Crippen LogP contribution in [0.5, 0.6) is 0 Å². The van der Waals surface area contributed by atoms with E-state index in [-0.39, 0.29) is 0 Å². The summed E-state index contributed by atoms with van der Waals surface area (Å²) in [6, 6.07) is 10.0. The van der Waals surface area contributed by atoms with Gasteiger partial charge in [-0.2, -0.15) is 0 Å². The zero-order valence-corrected chi connectivity index (χ0v) is 14.7. The van der Waals surface area contributed by atoms with Gasteiger partial charge in [-0.3, -0.25) is 9.80 Å². The molecule has 2 unspecified atom stereocenters. The molecule has 2 saturated heterocycles. The summed E-state index contributed by atoms with van der Waals surface area (Å²) in [7, 11) is 4.20. The molecule has 0 aromatic heterocycles. The lowest BCUT2D eigenvalue weighted by atomic mass is 10.0. The van der Waals surface area contributed by atoms with Crippen molar-refractivity contribution in [3.05, 3.63) is 29.8 Å². The van der Waals surface area contributed by atoms with Crippen molar-refractivity contribution in [1.82, 2.24) is 9.80 Å². The lowest BCUT2D eigenvalue weighted by Crippen LogP contribution is -2.40. The van der Waals surface area contributed by atoms with Crippen LogP contribution < -0.4 is 10.6 Å². The number of benzene rings is 1. The molecule has 4 heteroatoms. The van der Waals surface area contributed by atoms with E-state index in [1.165, 1.54) is 43.6 Å². The molecule has 0 radical (unpaired) electrons. The third kappa shape index (κ3) is 4.25. The molecule has 2 atom stereocenters. The summed E-state index contributed by atoms with van der Waals surface area (Å²) in [5.41, 5.74) is 8.84. The van der Waals surface area contributed by atoms with Crippen LogP contribution in [0.2, 0.25) is 0 Å². The van der Waals surface area contributed by atoms with Crippen molar-refractivity contribution >= 4 is 5.69 Å². The lowest BCUT2D eigenvalue weighted by molar-refractivity contribution is 0.127. The maximum Gasteiger partial charge on any atom is 0.0475 e. The second-order valence-corrected chi connectivity index (χ2v) is 7.41. The first-order valence-electron chi connectivity index (χ1n) is 9.13. The molecular formula is C19H32N4. The second kappa shape index (κ2) is 7.65. The molecule has 4 nitrogen and oxygen atoms in total. The molecule has 1 aromatic rings. The molecule has 2 fully saturated rings. The fourth-order valence-electron chi connectivity index (χ4n) is 3.93. The largest absolute Gasteiger partial charge is 0.378 e. The highest BCUT2D eigenvalue weighted by Gasteiger charge is 2.27. The first-order valence-corrected chi connectivity index (χ1v) is 9.13. The van der Waals surface area contributed by atoms with Gasteiger partial charge in [0.25, 0.3) is 0 Å². The standard InChI is InChI=1S/C19H32N4/c1-21(2)18-8-6-16(7-9-18)19(23-11-4-3-5-12-23)15-22-13-10-17(20)14-22/h6-9,17,19H,3-5,10-15,20H2,1-2H3. The Morgan fingerprint density at radius 3 is 2.35 bits per heavy atom. The highest BCUT2D eigenvalue weighted by Crippen LogP contribution is 2.28. The van der Waals surface area contributed by atoms with Crippen LogP contribution in [0.4, 0.5) is 5.69 Å². The maximum absolute atomic E-state index is 6.11. The fraction of sp³-hybridized carbons (Fsp3) is 0.684. The Labute approximate surface area is 141 Å². The lowest BCUT2D eigenvalue weighted by Gasteiger charge is -2.37. The van der Waals surface area contributed by atoms with Gasteiger partial charge in [0, 0.05) is 45.0 Å². The average molecular weight is 316 g/mol. The van der Waals surface area contributed by atoms with Gasteiger partial charge < -0.3 is 10.6 Å². The van der Waals surface area contributed by atoms with Crippen LogP contribution in [-0.4, -0.2) is 62.7 Å². The van der Waals surface area contributed by atoms with Crippen molar-refractivity contribution in [2.75, 3.05) is 51.7 Å². The molecule has 2 aliphatic rings. The third-order valence-corrected chi connectivity index (χ3v) is 5.37. The topological polar surface area (TPSA) is 35.7 Å². The molecule has 2 N–H and O–H groups in total. The molecule has 2 aliphatic heterocycles. The van der Waals surface area contributed by atoms with Crippen molar-refractivity contribution in [2.24, 2.45) is 5.73 Å². The van der Waals surface area contributed by atoms with Crippen LogP contribution in [0.15, 0.2) is 24.3 Å². The summed E-state index contributed by atoms with van der Waals surface area (Å²) in [6.45, 7) is 5.80. The van der Waals surface area contributed by atoms with Gasteiger partial charge in [-0.25, -0.2) is 0 Å². The van der Waals surface area contributed by atoms with Crippen LogP contribution in [0, 0.1) is 0 Å². The smallest absolute Gasteiger partial charge is 0.0475 e. The minimum atomic E-state index is 0.369. The molecule has 0 saturated carbocycles. The monoisotopic (exact) mass is 316 g/mol. The first kappa shape index (κ1) is 16.7. The molecule has 1 aromatic carbocycles. The van der Waals surface area contributed by atoms with Crippen LogP contribution >= 0.6 is 0 Å². The Kier molecular flexibility index (Phi) is 5.57. The van der Waals surface area contributed by atoms with E-state index in [2.05, 4.69) is 53.1 Å². The van der Waals surface area contributed by atoms with Crippen molar-refractivity contribution < 1.29 is 0 Å². The van der Waals surface area contributed by atoms with Crippen molar-refractivity contribution in [3.63, 3.8) is 0 Å². The minimum Gasteiger partial charge on any atom is -0.378 e. The van der Waals surface area contributed by atoms with Crippen molar-refractivity contribution in [1.29, 1.82) is 0 Å². The highest BCUT2D eigenvalue weighted by atomic mass is 15.2. The Bertz CT molecular complexity index is 479. The van der Waals surface area contributed by atoms with E-state index in [0.717, 1.165) is 26.1 Å². The molecule has 0 aliphatic carbocycles. The number of piperidine rings is 1. The van der Waals surface area contributed by atoms with Crippen LogP contribution in [-0.2, 0) is 0 Å². The number of hydrogen-bond acceptors (Lipinski definition) is 4. The van der Waals surface area contributed by atoms with Gasteiger partial charge in [0.15, 0.2) is 0 Å². The number of nitrogens with zero attached hydrogens (tertiary/aromatic N) is 3. The van der Waals surface area contributed by atoms with Gasteiger partial charge in [0.05, 0.1) is 0 Å². The normalized spacial score (nSPS) is 24.7. The quantitative estimate of drug-likeness (QED) is 0.904. The summed E-state index contributed by atoms with van der Waals surface area (Å²) >= 11 is 0. The second-order valence-electron chi connectivity index (χ2n) is 7.41. The van der Waals surface area contributed by atoms with Crippen molar-refractivity contribution in [3.8, 4) is 0 Å². The summed E-state index contributed by atoms with van der Waals surface area (Å²) in [6.07, 6.45) is 5.21. The first-order chi connectivity index (χ1) is 11.1. The zero-order valence-electron chi connectivity index (χ0n) is 14.7. The number of nitrogens with two attached hydrogens (primary N) is 1. The maximum atomic E-state index is 6.11. The summed E-state index contributed by atoms with van der Waals surface area (Å²) in [5.74, 6) is 0. The van der Waals surface area contributed by atoms with Gasteiger partial charge in [-0.15, -0.1) is 0 Å². The Hall–Kier alpha value is -1.10. The minimum absolute atomic E-state index is 0.369. The van der Waals surface area contributed by atoms with Crippen LogP contribution in [0.3, 0.4) is 0 Å². The molecular weight excluding hydrogens is 284 g/mol. The van der Waals surface area contributed by atoms with Gasteiger partial charge in [-0.1, -0.05) is 18.6 Å². The molecule has 0 spiro atoms. The van der Waals surface area contributed by atoms with E-state index in [4.69, 9.17) is 5.73 Å². The number of anilines is 1. The summed E-state index contributed by atoms with van der Waals surface area (Å²) < 4.78 is 0. The van der Waals surface area contributed by atoms with E-state index in [9.17, 15) is 0 Å². The molecule has 2 heterocycles. The predicted molar refractivity (Wildman–Crippen MR) is 98.0 cm³/mol. The number of likely N-dealkylation sites (tertiary alicyclic amines) is 2. The zero-order chi connectivity index (χ0) is 16.2. The molecule has 128 valence electrons. The molecule has 23 heavy (non-hydrogen) atoms. The van der Waals surface area contributed by atoms with E-state index in [1.54, 1.807) is 0 Å². The van der Waals surface area contributed by atoms with Gasteiger partial charge >= 0.3 is 0 Å². The summed E-state index contributed by atoms with van der Waals surface area (Å²) in [5, 5.41) is 0. The number of rotatable bonds is 5. The van der Waals surface area contributed by atoms with Gasteiger partial charge in [-0.05, 0) is 56.6 Å².